The monoisotopic (exact) mass is 451 g/mol. The number of ether oxygens (including phenoxy) is 1. The van der Waals surface area contributed by atoms with E-state index in [0.29, 0.717) is 23.8 Å². The average Bonchev–Trinajstić information content (AvgIpc) is 2.78. The van der Waals surface area contributed by atoms with Crippen molar-refractivity contribution in [3.05, 3.63) is 81.1 Å². The van der Waals surface area contributed by atoms with Crippen molar-refractivity contribution in [2.45, 2.75) is 40.2 Å². The fourth-order valence-electron chi connectivity index (χ4n) is 3.84. The zero-order valence-electron chi connectivity index (χ0n) is 19.2. The Morgan fingerprint density at radius 1 is 1.16 bits per heavy atom. The topological polar surface area (TPSA) is 57.4 Å². The second kappa shape index (κ2) is 11.8. The maximum atomic E-state index is 12.9. The second-order valence-corrected chi connectivity index (χ2v) is 8.50. The van der Waals surface area contributed by atoms with Gasteiger partial charge >= 0.3 is 0 Å². The number of benzene rings is 2. The minimum atomic E-state index is -0.0618. The summed E-state index contributed by atoms with van der Waals surface area (Å²) in [6, 6.07) is 16.5. The number of fused-ring (bicyclic) bond motifs is 1. The molecule has 2 N–H and O–H groups in total. The molecule has 0 radical (unpaired) electrons. The molecule has 3 rings (SSSR count). The molecule has 170 valence electrons. The highest BCUT2D eigenvalue weighted by molar-refractivity contribution is 7.80. The number of aryl methyl sites for hydroxylation is 2. The first-order chi connectivity index (χ1) is 15.5. The van der Waals surface area contributed by atoms with Crippen LogP contribution in [0.2, 0.25) is 0 Å². The van der Waals surface area contributed by atoms with Crippen LogP contribution in [0.15, 0.2) is 53.3 Å². The molecule has 1 heterocycles. The van der Waals surface area contributed by atoms with E-state index in [9.17, 15) is 4.79 Å². The van der Waals surface area contributed by atoms with Gasteiger partial charge in [0.25, 0.3) is 5.56 Å². The molecule has 0 aliphatic rings. The number of nitrogens with zero attached hydrogens (tertiary/aromatic N) is 1. The number of aromatic nitrogens is 1. The Balaban J connectivity index is 1.78. The molecule has 6 heteroatoms. The molecular formula is C26H33N3O2S. The van der Waals surface area contributed by atoms with Crippen LogP contribution >= 0.6 is 12.2 Å². The largest absolute Gasteiger partial charge is 0.382 e. The molecule has 5 nitrogen and oxygen atoms in total. The lowest BCUT2D eigenvalue weighted by molar-refractivity contribution is 0.145. The highest BCUT2D eigenvalue weighted by Crippen LogP contribution is 2.18. The van der Waals surface area contributed by atoms with Crippen LogP contribution in [0.1, 0.15) is 35.6 Å². The van der Waals surface area contributed by atoms with E-state index in [1.807, 2.05) is 38.1 Å². The summed E-state index contributed by atoms with van der Waals surface area (Å²) in [5, 5.41) is 5.05. The average molecular weight is 452 g/mol. The van der Waals surface area contributed by atoms with Crippen LogP contribution < -0.4 is 10.9 Å². The molecule has 3 aromatic rings. The SMILES string of the molecule is CCOCCCNC(=S)N(CCc1ccccc1)Cc1cc2cc(C)cc(C)c2[nH]c1=O. The molecule has 0 unspecified atom stereocenters. The zero-order valence-corrected chi connectivity index (χ0v) is 20.1. The van der Waals surface area contributed by atoms with Gasteiger partial charge in [-0.15, -0.1) is 0 Å². The van der Waals surface area contributed by atoms with E-state index in [-0.39, 0.29) is 5.56 Å². The van der Waals surface area contributed by atoms with Gasteiger partial charge in [-0.05, 0) is 74.5 Å². The van der Waals surface area contributed by atoms with E-state index in [2.05, 4.69) is 46.4 Å². The second-order valence-electron chi connectivity index (χ2n) is 8.11. The number of thiocarbonyl (C=S) groups is 1. The molecule has 2 aromatic carbocycles. The molecule has 0 atom stereocenters. The summed E-state index contributed by atoms with van der Waals surface area (Å²) < 4.78 is 5.41. The Bertz CT molecular complexity index is 1100. The molecule has 0 saturated carbocycles. The number of rotatable bonds is 10. The number of H-pyrrole nitrogens is 1. The van der Waals surface area contributed by atoms with E-state index >= 15 is 0 Å². The van der Waals surface area contributed by atoms with E-state index in [1.165, 1.54) is 11.1 Å². The summed E-state index contributed by atoms with van der Waals surface area (Å²) in [4.78, 5) is 18.0. The van der Waals surface area contributed by atoms with Crippen molar-refractivity contribution in [3.63, 3.8) is 0 Å². The highest BCUT2D eigenvalue weighted by Gasteiger charge is 2.14. The third kappa shape index (κ3) is 6.65. The molecular weight excluding hydrogens is 418 g/mol. The fourth-order valence-corrected chi connectivity index (χ4v) is 4.10. The van der Waals surface area contributed by atoms with Crippen molar-refractivity contribution in [1.29, 1.82) is 0 Å². The lowest BCUT2D eigenvalue weighted by Gasteiger charge is -2.26. The lowest BCUT2D eigenvalue weighted by Crippen LogP contribution is -2.42. The van der Waals surface area contributed by atoms with Crippen LogP contribution in [0.5, 0.6) is 0 Å². The van der Waals surface area contributed by atoms with Crippen LogP contribution in [0, 0.1) is 13.8 Å². The molecule has 0 spiro atoms. The first-order valence-electron chi connectivity index (χ1n) is 11.3. The van der Waals surface area contributed by atoms with Crippen molar-refractivity contribution >= 4 is 28.2 Å². The van der Waals surface area contributed by atoms with Gasteiger partial charge in [-0.2, -0.15) is 0 Å². The fraction of sp³-hybridized carbons (Fsp3) is 0.385. The molecule has 0 saturated heterocycles. The van der Waals surface area contributed by atoms with Gasteiger partial charge in [-0.25, -0.2) is 0 Å². The van der Waals surface area contributed by atoms with E-state index < -0.39 is 0 Å². The van der Waals surface area contributed by atoms with Gasteiger partial charge in [0.15, 0.2) is 5.11 Å². The molecule has 0 bridgehead atoms. The number of aromatic amines is 1. The predicted molar refractivity (Wildman–Crippen MR) is 136 cm³/mol. The van der Waals surface area contributed by atoms with Gasteiger partial charge in [0.1, 0.15) is 0 Å². The number of hydrogen-bond donors (Lipinski definition) is 2. The van der Waals surface area contributed by atoms with Gasteiger partial charge in [0.2, 0.25) is 0 Å². The van der Waals surface area contributed by atoms with Crippen LogP contribution in [-0.2, 0) is 17.7 Å². The first kappa shape index (κ1) is 24.0. The van der Waals surface area contributed by atoms with Crippen LogP contribution in [0.4, 0.5) is 0 Å². The Labute approximate surface area is 195 Å². The van der Waals surface area contributed by atoms with E-state index in [0.717, 1.165) is 49.0 Å². The van der Waals surface area contributed by atoms with Crippen molar-refractivity contribution in [2.24, 2.45) is 0 Å². The van der Waals surface area contributed by atoms with Gasteiger partial charge in [0, 0.05) is 31.9 Å². The summed E-state index contributed by atoms with van der Waals surface area (Å²) >= 11 is 5.71. The van der Waals surface area contributed by atoms with E-state index in [1.54, 1.807) is 0 Å². The maximum absolute atomic E-state index is 12.9. The number of hydrogen-bond acceptors (Lipinski definition) is 3. The number of pyridine rings is 1. The van der Waals surface area contributed by atoms with Gasteiger partial charge < -0.3 is 19.9 Å². The number of nitrogens with one attached hydrogen (secondary N) is 2. The van der Waals surface area contributed by atoms with Gasteiger partial charge in [-0.1, -0.05) is 42.0 Å². The van der Waals surface area contributed by atoms with Crippen molar-refractivity contribution < 1.29 is 4.74 Å². The normalized spacial score (nSPS) is 11.0. The molecule has 0 aliphatic heterocycles. The van der Waals surface area contributed by atoms with Crippen LogP contribution in [0.3, 0.4) is 0 Å². The Morgan fingerprint density at radius 2 is 1.94 bits per heavy atom. The Hall–Kier alpha value is -2.70. The smallest absolute Gasteiger partial charge is 0.253 e. The van der Waals surface area contributed by atoms with Crippen LogP contribution in [0.25, 0.3) is 10.9 Å². The first-order valence-corrected chi connectivity index (χ1v) is 11.7. The van der Waals surface area contributed by atoms with Crippen molar-refractivity contribution in [1.82, 2.24) is 15.2 Å². The van der Waals surface area contributed by atoms with E-state index in [4.69, 9.17) is 17.0 Å². The van der Waals surface area contributed by atoms with Crippen molar-refractivity contribution in [3.8, 4) is 0 Å². The van der Waals surface area contributed by atoms with Gasteiger partial charge in [0.05, 0.1) is 12.1 Å². The van der Waals surface area contributed by atoms with Crippen molar-refractivity contribution in [2.75, 3.05) is 26.3 Å². The minimum absolute atomic E-state index is 0.0618. The van der Waals surface area contributed by atoms with Crippen LogP contribution in [-0.4, -0.2) is 41.3 Å². The standard InChI is InChI=1S/C26H33N3O2S/c1-4-31-14-8-12-27-26(32)29(13-11-21-9-6-5-7-10-21)18-23-17-22-16-19(2)15-20(3)24(22)28-25(23)30/h5-7,9-10,15-17H,4,8,11-14,18H2,1-3H3,(H,27,32)(H,28,30). The highest BCUT2D eigenvalue weighted by atomic mass is 32.1. The summed E-state index contributed by atoms with van der Waals surface area (Å²) in [5.74, 6) is 0. The Morgan fingerprint density at radius 3 is 2.69 bits per heavy atom. The lowest BCUT2D eigenvalue weighted by atomic mass is 10.0. The third-order valence-electron chi connectivity index (χ3n) is 5.48. The summed E-state index contributed by atoms with van der Waals surface area (Å²) in [6.45, 7) is 9.45. The predicted octanol–water partition coefficient (Wildman–Crippen LogP) is 4.49. The van der Waals surface area contributed by atoms with Gasteiger partial charge in [-0.3, -0.25) is 4.79 Å². The molecule has 0 amide bonds. The molecule has 32 heavy (non-hydrogen) atoms. The minimum Gasteiger partial charge on any atom is -0.382 e. The maximum Gasteiger partial charge on any atom is 0.253 e. The molecule has 1 aromatic heterocycles. The zero-order chi connectivity index (χ0) is 22.9. The Kier molecular flexibility index (Phi) is 8.82. The summed E-state index contributed by atoms with van der Waals surface area (Å²) in [7, 11) is 0. The summed E-state index contributed by atoms with van der Waals surface area (Å²) in [5.41, 5.74) is 5.06. The molecule has 0 fully saturated rings. The molecule has 0 aliphatic carbocycles. The summed E-state index contributed by atoms with van der Waals surface area (Å²) in [6.07, 6.45) is 1.74. The quantitative estimate of drug-likeness (QED) is 0.351. The third-order valence-corrected chi connectivity index (χ3v) is 5.88.